The molecule has 5 nitrogen and oxygen atoms in total. The molecule has 170 valence electrons. The number of fused-ring (bicyclic) bond motifs is 1. The summed E-state index contributed by atoms with van der Waals surface area (Å²) < 4.78 is 8.29. The number of hydrogen-bond donors (Lipinski definition) is 1. The Balaban J connectivity index is 1.35. The van der Waals surface area contributed by atoms with Gasteiger partial charge in [0.15, 0.2) is 0 Å². The van der Waals surface area contributed by atoms with Crippen LogP contribution in [0, 0.1) is 19.8 Å². The molecule has 1 N–H and O–H groups in total. The first kappa shape index (κ1) is 22.4. The number of ether oxygens (including phenoxy) is 1. The second-order valence-corrected chi connectivity index (χ2v) is 9.07. The Labute approximate surface area is 191 Å². The monoisotopic (exact) mass is 433 g/mol. The number of nitrogens with one attached hydrogen (secondary N) is 1. The van der Waals surface area contributed by atoms with Crippen molar-refractivity contribution in [1.29, 1.82) is 0 Å². The SMILES string of the molecule is Cc1cc(C)cc(OCCCn2c(CCNC(=O)C3CCCCC3)nc3ccccc32)c1. The first-order valence-corrected chi connectivity index (χ1v) is 12.0. The fourth-order valence-corrected chi connectivity index (χ4v) is 4.80. The summed E-state index contributed by atoms with van der Waals surface area (Å²) in [7, 11) is 0. The second-order valence-electron chi connectivity index (χ2n) is 9.07. The van der Waals surface area contributed by atoms with Gasteiger partial charge in [0, 0.05) is 25.4 Å². The number of hydrogen-bond acceptors (Lipinski definition) is 3. The summed E-state index contributed by atoms with van der Waals surface area (Å²) in [5.74, 6) is 2.38. The minimum absolute atomic E-state index is 0.199. The molecule has 32 heavy (non-hydrogen) atoms. The summed E-state index contributed by atoms with van der Waals surface area (Å²) in [6.45, 7) is 6.33. The lowest BCUT2D eigenvalue weighted by atomic mass is 9.89. The van der Waals surface area contributed by atoms with Crippen molar-refractivity contribution >= 4 is 16.9 Å². The predicted octanol–water partition coefficient (Wildman–Crippen LogP) is 5.36. The number of amides is 1. The number of aryl methyl sites for hydroxylation is 3. The van der Waals surface area contributed by atoms with Crippen molar-refractivity contribution in [2.45, 2.75) is 65.3 Å². The number of carbonyl (C=O) groups is 1. The first-order valence-electron chi connectivity index (χ1n) is 12.0. The van der Waals surface area contributed by atoms with Gasteiger partial charge in [-0.25, -0.2) is 4.98 Å². The molecule has 0 bridgehead atoms. The lowest BCUT2D eigenvalue weighted by Crippen LogP contribution is -2.33. The van der Waals surface area contributed by atoms with Crippen LogP contribution in [-0.2, 0) is 17.8 Å². The number of rotatable bonds is 9. The average molecular weight is 434 g/mol. The Morgan fingerprint density at radius 1 is 1.09 bits per heavy atom. The summed E-state index contributed by atoms with van der Waals surface area (Å²) in [5, 5.41) is 3.15. The number of para-hydroxylation sites is 2. The third-order valence-electron chi connectivity index (χ3n) is 6.35. The van der Waals surface area contributed by atoms with Crippen LogP contribution in [-0.4, -0.2) is 28.6 Å². The van der Waals surface area contributed by atoms with E-state index in [0.717, 1.165) is 54.8 Å². The predicted molar refractivity (Wildman–Crippen MR) is 129 cm³/mol. The fraction of sp³-hybridized carbons (Fsp3) is 0.481. The van der Waals surface area contributed by atoms with Gasteiger partial charge in [0.1, 0.15) is 11.6 Å². The highest BCUT2D eigenvalue weighted by Gasteiger charge is 2.20. The van der Waals surface area contributed by atoms with Crippen molar-refractivity contribution < 1.29 is 9.53 Å². The van der Waals surface area contributed by atoms with Crippen LogP contribution in [0.15, 0.2) is 42.5 Å². The van der Waals surface area contributed by atoms with Gasteiger partial charge in [-0.3, -0.25) is 4.79 Å². The maximum absolute atomic E-state index is 12.5. The van der Waals surface area contributed by atoms with Crippen molar-refractivity contribution in [3.05, 3.63) is 59.4 Å². The van der Waals surface area contributed by atoms with Crippen molar-refractivity contribution in [2.75, 3.05) is 13.2 Å². The highest BCUT2D eigenvalue weighted by atomic mass is 16.5. The normalized spacial score (nSPS) is 14.6. The van der Waals surface area contributed by atoms with Gasteiger partial charge in [-0.2, -0.15) is 0 Å². The van der Waals surface area contributed by atoms with Crippen molar-refractivity contribution in [3.63, 3.8) is 0 Å². The Morgan fingerprint density at radius 3 is 2.62 bits per heavy atom. The van der Waals surface area contributed by atoms with E-state index in [1.807, 2.05) is 6.07 Å². The number of aromatic nitrogens is 2. The molecule has 0 unspecified atom stereocenters. The summed E-state index contributed by atoms with van der Waals surface area (Å²) in [6, 6.07) is 14.6. The van der Waals surface area contributed by atoms with Gasteiger partial charge >= 0.3 is 0 Å². The molecule has 1 fully saturated rings. The lowest BCUT2D eigenvalue weighted by molar-refractivity contribution is -0.125. The molecule has 4 rings (SSSR count). The van der Waals surface area contributed by atoms with E-state index in [1.165, 1.54) is 30.4 Å². The summed E-state index contributed by atoms with van der Waals surface area (Å²) in [4.78, 5) is 17.3. The fourth-order valence-electron chi connectivity index (χ4n) is 4.80. The van der Waals surface area contributed by atoms with Gasteiger partial charge in [0.2, 0.25) is 5.91 Å². The van der Waals surface area contributed by atoms with Crippen molar-refractivity contribution in [1.82, 2.24) is 14.9 Å². The zero-order chi connectivity index (χ0) is 22.3. The first-order chi connectivity index (χ1) is 15.6. The quantitative estimate of drug-likeness (QED) is 0.462. The van der Waals surface area contributed by atoms with E-state index in [9.17, 15) is 4.79 Å². The molecule has 1 aliphatic rings. The van der Waals surface area contributed by atoms with Crippen molar-refractivity contribution in [2.24, 2.45) is 5.92 Å². The minimum Gasteiger partial charge on any atom is -0.494 e. The molecule has 1 aromatic heterocycles. The smallest absolute Gasteiger partial charge is 0.223 e. The third-order valence-corrected chi connectivity index (χ3v) is 6.35. The van der Waals surface area contributed by atoms with Crippen molar-refractivity contribution in [3.8, 4) is 5.75 Å². The topological polar surface area (TPSA) is 56.1 Å². The molecule has 0 aliphatic heterocycles. The molecule has 5 heteroatoms. The van der Waals surface area contributed by atoms with E-state index in [0.29, 0.717) is 13.2 Å². The Bertz CT molecular complexity index is 1030. The molecular weight excluding hydrogens is 398 g/mol. The molecule has 0 atom stereocenters. The second kappa shape index (κ2) is 10.7. The van der Waals surface area contributed by atoms with Gasteiger partial charge < -0.3 is 14.6 Å². The van der Waals surface area contributed by atoms with Crippen LogP contribution in [0.25, 0.3) is 11.0 Å². The summed E-state index contributed by atoms with van der Waals surface area (Å²) in [6.07, 6.45) is 7.33. The standard InChI is InChI=1S/C27H35N3O2/c1-20-17-21(2)19-23(18-20)32-16-8-15-30-25-12-7-6-11-24(25)29-26(30)13-14-28-27(31)22-9-4-3-5-10-22/h6-7,11-12,17-19,22H,3-5,8-10,13-16H2,1-2H3,(H,28,31). The highest BCUT2D eigenvalue weighted by molar-refractivity contribution is 5.78. The van der Waals surface area contributed by atoms with E-state index in [4.69, 9.17) is 9.72 Å². The van der Waals surface area contributed by atoms with Crippen LogP contribution in [0.1, 0.15) is 55.5 Å². The molecule has 0 saturated heterocycles. The Kier molecular flexibility index (Phi) is 7.46. The third kappa shape index (κ3) is 5.70. The number of benzene rings is 2. The van der Waals surface area contributed by atoms with E-state index in [-0.39, 0.29) is 11.8 Å². The molecule has 2 aromatic carbocycles. The minimum atomic E-state index is 0.199. The molecule has 1 heterocycles. The molecular formula is C27H35N3O2. The lowest BCUT2D eigenvalue weighted by Gasteiger charge is -2.20. The van der Waals surface area contributed by atoms with E-state index >= 15 is 0 Å². The van der Waals surface area contributed by atoms with Crippen LogP contribution in [0.3, 0.4) is 0 Å². The molecule has 0 radical (unpaired) electrons. The molecule has 1 saturated carbocycles. The summed E-state index contributed by atoms with van der Waals surface area (Å²) >= 11 is 0. The van der Waals surface area contributed by atoms with Crippen LogP contribution in [0.2, 0.25) is 0 Å². The summed E-state index contributed by atoms with van der Waals surface area (Å²) in [5.41, 5.74) is 4.60. The maximum Gasteiger partial charge on any atom is 0.223 e. The largest absolute Gasteiger partial charge is 0.494 e. The van der Waals surface area contributed by atoms with Gasteiger partial charge in [0.05, 0.1) is 17.6 Å². The zero-order valence-corrected chi connectivity index (χ0v) is 19.4. The van der Waals surface area contributed by atoms with Gasteiger partial charge in [-0.15, -0.1) is 0 Å². The van der Waals surface area contributed by atoms with Crippen LogP contribution in [0.4, 0.5) is 0 Å². The number of imidazole rings is 1. The average Bonchev–Trinajstić information content (AvgIpc) is 3.14. The van der Waals surface area contributed by atoms with Crippen LogP contribution in [0.5, 0.6) is 5.75 Å². The van der Waals surface area contributed by atoms with Gasteiger partial charge in [0.25, 0.3) is 0 Å². The molecule has 1 aliphatic carbocycles. The Morgan fingerprint density at radius 2 is 1.84 bits per heavy atom. The number of carbonyl (C=O) groups excluding carboxylic acids is 1. The van der Waals surface area contributed by atoms with E-state index in [1.54, 1.807) is 0 Å². The van der Waals surface area contributed by atoms with Crippen LogP contribution < -0.4 is 10.1 Å². The maximum atomic E-state index is 12.5. The van der Waals surface area contributed by atoms with Gasteiger partial charge in [-0.05, 0) is 68.5 Å². The molecule has 3 aromatic rings. The Hall–Kier alpha value is -2.82. The van der Waals surface area contributed by atoms with E-state index in [2.05, 4.69) is 60.1 Å². The van der Waals surface area contributed by atoms with Gasteiger partial charge in [-0.1, -0.05) is 37.5 Å². The van der Waals surface area contributed by atoms with Crippen LogP contribution >= 0.6 is 0 Å². The highest BCUT2D eigenvalue weighted by Crippen LogP contribution is 2.24. The molecule has 0 spiro atoms. The molecule has 1 amide bonds. The van der Waals surface area contributed by atoms with E-state index < -0.39 is 0 Å². The number of nitrogens with zero attached hydrogens (tertiary/aromatic N) is 2. The zero-order valence-electron chi connectivity index (χ0n) is 19.4.